The highest BCUT2D eigenvalue weighted by atomic mass is 35.5. The van der Waals surface area contributed by atoms with E-state index in [1.807, 2.05) is 24.3 Å². The van der Waals surface area contributed by atoms with Gasteiger partial charge in [0, 0.05) is 43.0 Å². The quantitative estimate of drug-likeness (QED) is 0.355. The average molecular weight is 529 g/mol. The number of nitrogens with zero attached hydrogens (tertiary/aromatic N) is 2. The van der Waals surface area contributed by atoms with Crippen LogP contribution in [-0.4, -0.2) is 48.0 Å². The van der Waals surface area contributed by atoms with Crippen molar-refractivity contribution in [1.29, 1.82) is 0 Å². The molecule has 0 unspecified atom stereocenters. The van der Waals surface area contributed by atoms with Gasteiger partial charge in [0.25, 0.3) is 5.91 Å². The number of amides is 2. The van der Waals surface area contributed by atoms with E-state index in [2.05, 4.69) is 15.5 Å². The minimum atomic E-state index is -0.359. The summed E-state index contributed by atoms with van der Waals surface area (Å²) in [6.45, 7) is 2.42. The zero-order chi connectivity index (χ0) is 24.8. The molecule has 2 N–H and O–H groups in total. The molecule has 0 saturated carbocycles. The molecule has 1 aliphatic rings. The van der Waals surface area contributed by atoms with E-state index in [4.69, 9.17) is 39.8 Å². The molecule has 10 heteroatoms. The summed E-state index contributed by atoms with van der Waals surface area (Å²) >= 11 is 17.6. The maximum absolute atomic E-state index is 12.4. The number of carbonyl (C=O) groups is 2. The number of piperazine rings is 1. The molecule has 1 fully saturated rings. The third kappa shape index (κ3) is 6.63. The highest BCUT2D eigenvalue weighted by Crippen LogP contribution is 2.30. The highest BCUT2D eigenvalue weighted by Gasteiger charge is 2.24. The molecule has 180 valence electrons. The van der Waals surface area contributed by atoms with Gasteiger partial charge in [0.05, 0.1) is 17.0 Å². The van der Waals surface area contributed by atoms with Crippen LogP contribution in [0.15, 0.2) is 71.4 Å². The van der Waals surface area contributed by atoms with Gasteiger partial charge in [0.1, 0.15) is 0 Å². The van der Waals surface area contributed by atoms with Crippen LogP contribution in [0.4, 0.5) is 11.4 Å². The Bertz CT molecular complexity index is 1240. The van der Waals surface area contributed by atoms with Crippen molar-refractivity contribution >= 4 is 69.8 Å². The van der Waals surface area contributed by atoms with Gasteiger partial charge in [0.2, 0.25) is 5.91 Å². The van der Waals surface area contributed by atoms with Crippen LogP contribution in [0.2, 0.25) is 10.0 Å². The monoisotopic (exact) mass is 528 g/mol. The lowest BCUT2D eigenvalue weighted by molar-refractivity contribution is -0.115. The normalized spacial score (nSPS) is 13.7. The highest BCUT2D eigenvalue weighted by molar-refractivity contribution is 7.80. The fourth-order valence-corrected chi connectivity index (χ4v) is 4.25. The third-order valence-electron chi connectivity index (χ3n) is 5.38. The SMILES string of the molecule is O=C(/C=C/c1ccc(Cl)cc1)NC(=S)Nc1ccc(N2CCN(C(=O)c3ccco3)CC2)c(Cl)c1. The van der Waals surface area contributed by atoms with Gasteiger partial charge in [-0.1, -0.05) is 35.3 Å². The summed E-state index contributed by atoms with van der Waals surface area (Å²) < 4.78 is 5.21. The van der Waals surface area contributed by atoms with E-state index in [1.165, 1.54) is 12.3 Å². The Labute approximate surface area is 218 Å². The van der Waals surface area contributed by atoms with E-state index in [0.29, 0.717) is 47.7 Å². The predicted octanol–water partition coefficient (Wildman–Crippen LogP) is 5.08. The van der Waals surface area contributed by atoms with Gasteiger partial charge < -0.3 is 19.5 Å². The summed E-state index contributed by atoms with van der Waals surface area (Å²) in [6.07, 6.45) is 4.56. The van der Waals surface area contributed by atoms with Gasteiger partial charge in [-0.3, -0.25) is 14.9 Å². The number of benzene rings is 2. The summed E-state index contributed by atoms with van der Waals surface area (Å²) in [6, 6.07) is 16.0. The van der Waals surface area contributed by atoms with Crippen LogP contribution < -0.4 is 15.5 Å². The average Bonchev–Trinajstić information content (AvgIpc) is 3.38. The predicted molar refractivity (Wildman–Crippen MR) is 143 cm³/mol. The molecule has 0 aliphatic carbocycles. The van der Waals surface area contributed by atoms with E-state index in [9.17, 15) is 9.59 Å². The van der Waals surface area contributed by atoms with Crippen LogP contribution in [0, 0.1) is 0 Å². The Kier molecular flexibility index (Phi) is 8.07. The van der Waals surface area contributed by atoms with E-state index >= 15 is 0 Å². The zero-order valence-electron chi connectivity index (χ0n) is 18.5. The molecular formula is C25H22Cl2N4O3S. The lowest BCUT2D eigenvalue weighted by atomic mass is 10.2. The lowest BCUT2D eigenvalue weighted by Gasteiger charge is -2.36. The molecule has 0 bridgehead atoms. The Morgan fingerprint density at radius 1 is 1.00 bits per heavy atom. The first-order valence-electron chi connectivity index (χ1n) is 10.8. The van der Waals surface area contributed by atoms with Crippen molar-refractivity contribution in [2.24, 2.45) is 0 Å². The molecule has 0 spiro atoms. The lowest BCUT2D eigenvalue weighted by Crippen LogP contribution is -2.48. The summed E-state index contributed by atoms with van der Waals surface area (Å²) in [4.78, 5) is 28.5. The topological polar surface area (TPSA) is 77.8 Å². The molecule has 4 rings (SSSR count). The number of anilines is 2. The van der Waals surface area contributed by atoms with Crippen LogP contribution in [0.5, 0.6) is 0 Å². The second-order valence-corrected chi connectivity index (χ2v) is 9.00. The maximum Gasteiger partial charge on any atom is 0.289 e. The van der Waals surface area contributed by atoms with Crippen LogP contribution in [0.3, 0.4) is 0 Å². The van der Waals surface area contributed by atoms with E-state index < -0.39 is 0 Å². The minimum absolute atomic E-state index is 0.112. The summed E-state index contributed by atoms with van der Waals surface area (Å²) in [5.41, 5.74) is 2.36. The fourth-order valence-electron chi connectivity index (χ4n) is 3.61. The molecular weight excluding hydrogens is 507 g/mol. The molecule has 1 aliphatic heterocycles. The van der Waals surface area contributed by atoms with E-state index in [-0.39, 0.29) is 16.9 Å². The minimum Gasteiger partial charge on any atom is -0.459 e. The molecule has 35 heavy (non-hydrogen) atoms. The third-order valence-corrected chi connectivity index (χ3v) is 6.14. The molecule has 7 nitrogen and oxygen atoms in total. The first-order valence-corrected chi connectivity index (χ1v) is 12.0. The van der Waals surface area contributed by atoms with E-state index in [1.54, 1.807) is 41.3 Å². The van der Waals surface area contributed by atoms with Crippen molar-refractivity contribution < 1.29 is 14.0 Å². The molecule has 1 aromatic heterocycles. The molecule has 3 aromatic rings. The Balaban J connectivity index is 1.28. The number of rotatable bonds is 5. The van der Waals surface area contributed by atoms with Gasteiger partial charge in [-0.15, -0.1) is 0 Å². The van der Waals surface area contributed by atoms with Crippen molar-refractivity contribution in [2.75, 3.05) is 36.4 Å². The number of nitrogens with one attached hydrogen (secondary N) is 2. The largest absolute Gasteiger partial charge is 0.459 e. The molecule has 2 amide bonds. The number of carbonyl (C=O) groups excluding carboxylic acids is 2. The fraction of sp³-hybridized carbons (Fsp3) is 0.160. The first-order chi connectivity index (χ1) is 16.9. The van der Waals surface area contributed by atoms with Crippen LogP contribution in [0.25, 0.3) is 6.08 Å². The van der Waals surface area contributed by atoms with Crippen molar-refractivity contribution in [1.82, 2.24) is 10.2 Å². The molecule has 2 aromatic carbocycles. The van der Waals surface area contributed by atoms with Gasteiger partial charge in [-0.25, -0.2) is 0 Å². The standard InChI is InChI=1S/C25H22Cl2N4O3S/c26-18-6-3-17(4-7-18)5-10-23(32)29-25(35)28-19-8-9-21(20(27)16-19)30-11-13-31(14-12-30)24(33)22-2-1-15-34-22/h1-10,15-16H,11-14H2,(H2,28,29,32,35)/b10-5+. The van der Waals surface area contributed by atoms with Gasteiger partial charge in [-0.05, 0) is 66.3 Å². The Morgan fingerprint density at radius 2 is 1.74 bits per heavy atom. The van der Waals surface area contributed by atoms with Gasteiger partial charge in [0.15, 0.2) is 10.9 Å². The second-order valence-electron chi connectivity index (χ2n) is 7.75. The van der Waals surface area contributed by atoms with Crippen LogP contribution in [0.1, 0.15) is 16.1 Å². The zero-order valence-corrected chi connectivity index (χ0v) is 20.9. The van der Waals surface area contributed by atoms with Crippen LogP contribution >= 0.6 is 35.4 Å². The second kappa shape index (κ2) is 11.4. The molecule has 1 saturated heterocycles. The molecule has 0 atom stereocenters. The number of halogens is 2. The molecule has 2 heterocycles. The molecule has 0 radical (unpaired) electrons. The summed E-state index contributed by atoms with van der Waals surface area (Å²) in [5, 5.41) is 6.90. The van der Waals surface area contributed by atoms with Gasteiger partial charge in [-0.2, -0.15) is 0 Å². The van der Waals surface area contributed by atoms with Crippen molar-refractivity contribution in [3.63, 3.8) is 0 Å². The van der Waals surface area contributed by atoms with E-state index in [0.717, 1.165) is 11.3 Å². The summed E-state index contributed by atoms with van der Waals surface area (Å²) in [7, 11) is 0. The van der Waals surface area contributed by atoms with Crippen molar-refractivity contribution in [3.8, 4) is 0 Å². The van der Waals surface area contributed by atoms with Gasteiger partial charge >= 0.3 is 0 Å². The Hall–Kier alpha value is -3.33. The number of furan rings is 1. The van der Waals surface area contributed by atoms with Crippen molar-refractivity contribution in [2.45, 2.75) is 0 Å². The number of hydrogen-bond acceptors (Lipinski definition) is 5. The maximum atomic E-state index is 12.4. The Morgan fingerprint density at radius 3 is 2.40 bits per heavy atom. The number of hydrogen-bond donors (Lipinski definition) is 2. The number of thiocarbonyl (C=S) groups is 1. The van der Waals surface area contributed by atoms with Crippen LogP contribution in [-0.2, 0) is 4.79 Å². The smallest absolute Gasteiger partial charge is 0.289 e. The summed E-state index contributed by atoms with van der Waals surface area (Å²) in [5.74, 6) is -0.128. The first kappa shape index (κ1) is 24.8. The van der Waals surface area contributed by atoms with Crippen molar-refractivity contribution in [3.05, 3.63) is 88.3 Å².